The summed E-state index contributed by atoms with van der Waals surface area (Å²) >= 11 is 0. The highest BCUT2D eigenvalue weighted by Gasteiger charge is 2.50. The van der Waals surface area contributed by atoms with Gasteiger partial charge in [-0.05, 0) is 30.7 Å². The van der Waals surface area contributed by atoms with Crippen molar-refractivity contribution >= 4 is 11.5 Å². The Morgan fingerprint density at radius 1 is 1.29 bits per heavy atom. The van der Waals surface area contributed by atoms with Gasteiger partial charge in [0.05, 0.1) is 4.92 Å². The molecule has 5 heteroatoms. The first kappa shape index (κ1) is 10.5. The highest BCUT2D eigenvalue weighted by molar-refractivity contribution is 5.42. The number of pyridine rings is 1. The van der Waals surface area contributed by atoms with Gasteiger partial charge >= 0.3 is 0 Å². The van der Waals surface area contributed by atoms with Gasteiger partial charge in [-0.25, -0.2) is 4.98 Å². The number of nitro groups is 1. The zero-order chi connectivity index (χ0) is 11.8. The summed E-state index contributed by atoms with van der Waals surface area (Å²) in [5.74, 6) is 2.37. The summed E-state index contributed by atoms with van der Waals surface area (Å²) in [6.07, 6.45) is 6.62. The molecule has 1 N–H and O–H groups in total. The summed E-state index contributed by atoms with van der Waals surface area (Å²) < 4.78 is 0. The van der Waals surface area contributed by atoms with Crippen molar-refractivity contribution in [1.29, 1.82) is 0 Å². The fourth-order valence-electron chi connectivity index (χ4n) is 2.96. The third-order valence-corrected chi connectivity index (χ3v) is 3.93. The predicted octanol–water partition coefficient (Wildman–Crippen LogP) is 2.59. The predicted molar refractivity (Wildman–Crippen MR) is 63.8 cm³/mol. The van der Waals surface area contributed by atoms with Crippen LogP contribution in [0.15, 0.2) is 18.3 Å². The van der Waals surface area contributed by atoms with Gasteiger partial charge in [0.25, 0.3) is 5.69 Å². The smallest absolute Gasteiger partial charge is 0.287 e. The van der Waals surface area contributed by atoms with E-state index in [0.29, 0.717) is 6.04 Å². The van der Waals surface area contributed by atoms with Crippen LogP contribution in [0, 0.1) is 22.0 Å². The van der Waals surface area contributed by atoms with Crippen LogP contribution in [0.4, 0.5) is 11.5 Å². The Kier molecular flexibility index (Phi) is 2.46. The Morgan fingerprint density at radius 3 is 2.53 bits per heavy atom. The fraction of sp³-hybridized carbons (Fsp3) is 0.583. The lowest BCUT2D eigenvalue weighted by Crippen LogP contribution is -2.07. The van der Waals surface area contributed by atoms with E-state index in [9.17, 15) is 10.1 Å². The lowest BCUT2D eigenvalue weighted by Gasteiger charge is -2.04. The van der Waals surface area contributed by atoms with Crippen molar-refractivity contribution in [1.82, 2.24) is 4.98 Å². The average molecular weight is 233 g/mol. The van der Waals surface area contributed by atoms with Crippen molar-refractivity contribution in [2.45, 2.75) is 31.7 Å². The van der Waals surface area contributed by atoms with Crippen molar-refractivity contribution in [3.05, 3.63) is 28.4 Å². The van der Waals surface area contributed by atoms with Gasteiger partial charge in [0.1, 0.15) is 12.0 Å². The van der Waals surface area contributed by atoms with Crippen LogP contribution in [-0.4, -0.2) is 15.9 Å². The first-order valence-corrected chi connectivity index (χ1v) is 6.13. The van der Waals surface area contributed by atoms with Crippen molar-refractivity contribution in [3.63, 3.8) is 0 Å². The van der Waals surface area contributed by atoms with Crippen molar-refractivity contribution in [2.24, 2.45) is 11.8 Å². The summed E-state index contributed by atoms with van der Waals surface area (Å²) in [6, 6.07) is 3.75. The molecule has 0 saturated heterocycles. The number of anilines is 1. The Labute approximate surface area is 99.4 Å². The summed E-state index contributed by atoms with van der Waals surface area (Å²) in [5, 5.41) is 13.9. The molecule has 90 valence electrons. The van der Waals surface area contributed by atoms with Crippen LogP contribution >= 0.6 is 0 Å². The number of aromatic nitrogens is 1. The molecule has 5 nitrogen and oxygen atoms in total. The zero-order valence-electron chi connectivity index (χ0n) is 9.50. The van der Waals surface area contributed by atoms with Crippen molar-refractivity contribution < 1.29 is 4.92 Å². The molecule has 2 aliphatic carbocycles. The minimum atomic E-state index is -0.423. The van der Waals surface area contributed by atoms with Crippen molar-refractivity contribution in [3.8, 4) is 0 Å². The topological polar surface area (TPSA) is 68.1 Å². The Bertz CT molecular complexity index is 420. The summed E-state index contributed by atoms with van der Waals surface area (Å²) in [6.45, 7) is 0. The Hall–Kier alpha value is -1.65. The zero-order valence-corrected chi connectivity index (χ0v) is 9.50. The summed E-state index contributed by atoms with van der Waals surface area (Å²) in [7, 11) is 0. The monoisotopic (exact) mass is 233 g/mol. The molecule has 2 fully saturated rings. The number of hydrogen-bond acceptors (Lipinski definition) is 4. The van der Waals surface area contributed by atoms with Crippen LogP contribution in [0.5, 0.6) is 0 Å². The quantitative estimate of drug-likeness (QED) is 0.643. The minimum Gasteiger partial charge on any atom is -0.367 e. The molecule has 0 aromatic carbocycles. The first-order valence-electron chi connectivity index (χ1n) is 6.13. The highest BCUT2D eigenvalue weighted by Crippen LogP contribution is 2.50. The molecule has 0 unspecified atom stereocenters. The lowest BCUT2D eigenvalue weighted by molar-refractivity contribution is -0.385. The molecule has 2 aliphatic rings. The Morgan fingerprint density at radius 2 is 2.00 bits per heavy atom. The first-order chi connectivity index (χ1) is 8.25. The summed E-state index contributed by atoms with van der Waals surface area (Å²) in [4.78, 5) is 14.2. The number of nitrogens with one attached hydrogen (secondary N) is 1. The van der Waals surface area contributed by atoms with E-state index in [1.165, 1.54) is 37.9 Å². The molecular weight excluding hydrogens is 218 g/mol. The molecule has 0 radical (unpaired) electrons. The second-order valence-electron chi connectivity index (χ2n) is 4.94. The van der Waals surface area contributed by atoms with E-state index in [0.717, 1.165) is 17.7 Å². The lowest BCUT2D eigenvalue weighted by atomic mass is 10.0. The molecule has 0 amide bonds. The maximum Gasteiger partial charge on any atom is 0.287 e. The van der Waals surface area contributed by atoms with Gasteiger partial charge in [0.2, 0.25) is 0 Å². The molecular formula is C12H15N3O2. The van der Waals surface area contributed by atoms with Gasteiger partial charge in [-0.1, -0.05) is 12.8 Å². The number of hydrogen-bond donors (Lipinski definition) is 1. The largest absolute Gasteiger partial charge is 0.367 e. The van der Waals surface area contributed by atoms with Gasteiger partial charge in [-0.2, -0.15) is 0 Å². The van der Waals surface area contributed by atoms with Crippen molar-refractivity contribution in [2.75, 3.05) is 5.32 Å². The van der Waals surface area contributed by atoms with Gasteiger partial charge in [-0.15, -0.1) is 0 Å². The highest BCUT2D eigenvalue weighted by atomic mass is 16.6. The molecule has 1 aromatic heterocycles. The molecule has 0 spiro atoms. The van der Waals surface area contributed by atoms with Crippen LogP contribution in [0.1, 0.15) is 25.7 Å². The van der Waals surface area contributed by atoms with E-state index in [4.69, 9.17) is 0 Å². The second-order valence-corrected chi connectivity index (χ2v) is 4.94. The van der Waals surface area contributed by atoms with Crippen LogP contribution in [-0.2, 0) is 0 Å². The van der Waals surface area contributed by atoms with Gasteiger partial charge in [0.15, 0.2) is 0 Å². The number of rotatable bonds is 3. The van der Waals surface area contributed by atoms with E-state index in [1.54, 1.807) is 6.07 Å². The van der Waals surface area contributed by atoms with Gasteiger partial charge in [0, 0.05) is 12.1 Å². The molecule has 2 saturated carbocycles. The number of nitrogens with zero attached hydrogens (tertiary/aromatic N) is 2. The standard InChI is InChI=1S/C12H15N3O2/c16-15(17)8-5-6-11(13-7-8)14-12-9-3-1-2-4-10(9)12/h5-7,9-10,12H,1-4H2,(H,13,14)/t9-,10-/m1/s1. The van der Waals surface area contributed by atoms with Gasteiger partial charge < -0.3 is 5.32 Å². The average Bonchev–Trinajstić information content (AvgIpc) is 3.04. The van der Waals surface area contributed by atoms with Crippen LogP contribution < -0.4 is 5.32 Å². The maximum atomic E-state index is 10.5. The molecule has 3 rings (SSSR count). The summed E-state index contributed by atoms with van der Waals surface area (Å²) in [5.41, 5.74) is 0.0452. The Balaban J connectivity index is 1.64. The van der Waals surface area contributed by atoms with E-state index >= 15 is 0 Å². The van der Waals surface area contributed by atoms with Crippen LogP contribution in [0.2, 0.25) is 0 Å². The molecule has 17 heavy (non-hydrogen) atoms. The van der Waals surface area contributed by atoms with Crippen LogP contribution in [0.25, 0.3) is 0 Å². The molecule has 1 aromatic rings. The molecule has 0 bridgehead atoms. The number of fused-ring (bicyclic) bond motifs is 1. The van der Waals surface area contributed by atoms with E-state index in [2.05, 4.69) is 10.3 Å². The van der Waals surface area contributed by atoms with E-state index in [1.807, 2.05) is 0 Å². The molecule has 1 heterocycles. The second kappa shape index (κ2) is 3.98. The minimum absolute atomic E-state index is 0.0452. The third-order valence-electron chi connectivity index (χ3n) is 3.93. The van der Waals surface area contributed by atoms with Gasteiger partial charge in [-0.3, -0.25) is 10.1 Å². The molecule has 0 aliphatic heterocycles. The SMILES string of the molecule is O=[N+]([O-])c1ccc(NC2[C@@H]3CCCC[C@@H]23)nc1. The van der Waals surface area contributed by atoms with E-state index in [-0.39, 0.29) is 5.69 Å². The van der Waals surface area contributed by atoms with Crippen LogP contribution in [0.3, 0.4) is 0 Å². The fourth-order valence-corrected chi connectivity index (χ4v) is 2.96. The normalized spacial score (nSPS) is 30.5. The molecule has 2 atom stereocenters. The maximum absolute atomic E-state index is 10.5. The third kappa shape index (κ3) is 1.97. The van der Waals surface area contributed by atoms with E-state index < -0.39 is 4.92 Å².